The SMILES string of the molecule is COc1cc2ncn(Cc3ccc(C(=O)NO)cc3)c(=O)c2cc1OC. The molecule has 134 valence electrons. The lowest BCUT2D eigenvalue weighted by molar-refractivity contribution is 0.0706. The lowest BCUT2D eigenvalue weighted by Crippen LogP contribution is -2.21. The maximum atomic E-state index is 12.8. The molecule has 26 heavy (non-hydrogen) atoms. The molecule has 0 aliphatic heterocycles. The van der Waals surface area contributed by atoms with Crippen LogP contribution in [0.25, 0.3) is 10.9 Å². The van der Waals surface area contributed by atoms with Gasteiger partial charge in [-0.25, -0.2) is 10.5 Å². The van der Waals surface area contributed by atoms with E-state index in [2.05, 4.69) is 4.98 Å². The summed E-state index contributed by atoms with van der Waals surface area (Å²) in [7, 11) is 3.02. The average Bonchev–Trinajstić information content (AvgIpc) is 2.69. The number of hydroxylamine groups is 1. The molecule has 0 fully saturated rings. The van der Waals surface area contributed by atoms with Gasteiger partial charge in [0.15, 0.2) is 11.5 Å². The molecule has 8 heteroatoms. The van der Waals surface area contributed by atoms with Gasteiger partial charge in [0.05, 0.1) is 38.0 Å². The molecular formula is C18H17N3O5. The molecule has 0 saturated carbocycles. The van der Waals surface area contributed by atoms with Crippen LogP contribution in [0.15, 0.2) is 47.5 Å². The fraction of sp³-hybridized carbons (Fsp3) is 0.167. The van der Waals surface area contributed by atoms with Crippen LogP contribution in [0.5, 0.6) is 11.5 Å². The highest BCUT2D eigenvalue weighted by Gasteiger charge is 2.11. The summed E-state index contributed by atoms with van der Waals surface area (Å²) in [6.07, 6.45) is 1.46. The van der Waals surface area contributed by atoms with Gasteiger partial charge in [-0.3, -0.25) is 19.4 Å². The van der Waals surface area contributed by atoms with E-state index in [1.807, 2.05) is 0 Å². The highest BCUT2D eigenvalue weighted by Crippen LogP contribution is 2.29. The monoisotopic (exact) mass is 355 g/mol. The van der Waals surface area contributed by atoms with Crippen LogP contribution in [0, 0.1) is 0 Å². The first-order valence-electron chi connectivity index (χ1n) is 7.72. The van der Waals surface area contributed by atoms with Gasteiger partial charge in [0.1, 0.15) is 0 Å². The Morgan fingerprint density at radius 2 is 1.81 bits per heavy atom. The molecule has 0 unspecified atom stereocenters. The van der Waals surface area contributed by atoms with Gasteiger partial charge in [-0.2, -0.15) is 0 Å². The Bertz CT molecular complexity index is 1010. The van der Waals surface area contributed by atoms with E-state index in [1.54, 1.807) is 41.9 Å². The standard InChI is InChI=1S/C18H17N3O5/c1-25-15-7-13-14(8-16(15)26-2)19-10-21(18(13)23)9-11-3-5-12(6-4-11)17(22)20-24/h3-8,10,24H,9H2,1-2H3,(H,20,22). The number of amides is 1. The van der Waals surface area contributed by atoms with Crippen molar-refractivity contribution in [2.45, 2.75) is 6.54 Å². The molecule has 1 aromatic heterocycles. The highest BCUT2D eigenvalue weighted by molar-refractivity contribution is 5.93. The molecule has 3 aromatic rings. The minimum atomic E-state index is -0.595. The number of ether oxygens (including phenoxy) is 2. The summed E-state index contributed by atoms with van der Waals surface area (Å²) in [5.74, 6) is 0.362. The molecule has 1 heterocycles. The van der Waals surface area contributed by atoms with Crippen molar-refractivity contribution < 1.29 is 19.5 Å². The van der Waals surface area contributed by atoms with Crippen LogP contribution >= 0.6 is 0 Å². The van der Waals surface area contributed by atoms with E-state index in [0.717, 1.165) is 5.56 Å². The van der Waals surface area contributed by atoms with E-state index in [4.69, 9.17) is 14.7 Å². The number of carbonyl (C=O) groups is 1. The Kier molecular flexibility index (Phi) is 4.85. The van der Waals surface area contributed by atoms with Crippen molar-refractivity contribution in [1.29, 1.82) is 0 Å². The third-order valence-corrected chi connectivity index (χ3v) is 4.00. The lowest BCUT2D eigenvalue weighted by atomic mass is 10.1. The molecule has 0 atom stereocenters. The highest BCUT2D eigenvalue weighted by atomic mass is 16.5. The molecule has 0 radical (unpaired) electrons. The lowest BCUT2D eigenvalue weighted by Gasteiger charge is -2.11. The van der Waals surface area contributed by atoms with Crippen LogP contribution in [0.4, 0.5) is 0 Å². The Balaban J connectivity index is 1.97. The number of carbonyl (C=O) groups excluding carboxylic acids is 1. The fourth-order valence-corrected chi connectivity index (χ4v) is 2.62. The number of fused-ring (bicyclic) bond motifs is 1. The van der Waals surface area contributed by atoms with E-state index >= 15 is 0 Å². The molecule has 0 spiro atoms. The van der Waals surface area contributed by atoms with Gasteiger partial charge in [-0.15, -0.1) is 0 Å². The fourth-order valence-electron chi connectivity index (χ4n) is 2.62. The number of rotatable bonds is 5. The minimum absolute atomic E-state index is 0.215. The molecule has 0 aliphatic carbocycles. The first-order valence-corrected chi connectivity index (χ1v) is 7.72. The Morgan fingerprint density at radius 1 is 1.15 bits per heavy atom. The van der Waals surface area contributed by atoms with Crippen molar-refractivity contribution in [3.8, 4) is 11.5 Å². The number of methoxy groups -OCH3 is 2. The van der Waals surface area contributed by atoms with E-state index < -0.39 is 5.91 Å². The van der Waals surface area contributed by atoms with Gasteiger partial charge in [-0.1, -0.05) is 12.1 Å². The third-order valence-electron chi connectivity index (χ3n) is 4.00. The maximum Gasteiger partial charge on any atom is 0.274 e. The second kappa shape index (κ2) is 7.24. The van der Waals surface area contributed by atoms with Gasteiger partial charge in [0.2, 0.25) is 0 Å². The van der Waals surface area contributed by atoms with Crippen LogP contribution in [-0.2, 0) is 6.54 Å². The third kappa shape index (κ3) is 3.22. The van der Waals surface area contributed by atoms with Gasteiger partial charge in [-0.05, 0) is 23.8 Å². The van der Waals surface area contributed by atoms with Gasteiger partial charge < -0.3 is 9.47 Å². The topological polar surface area (TPSA) is 103 Å². The summed E-state index contributed by atoms with van der Waals surface area (Å²) < 4.78 is 11.9. The molecule has 1 amide bonds. The zero-order valence-electron chi connectivity index (χ0n) is 14.2. The summed E-state index contributed by atoms with van der Waals surface area (Å²) in [6.45, 7) is 0.289. The van der Waals surface area contributed by atoms with Crippen molar-refractivity contribution in [3.05, 3.63) is 64.2 Å². The number of hydrogen-bond donors (Lipinski definition) is 2. The van der Waals surface area contributed by atoms with Crippen LogP contribution in [0.1, 0.15) is 15.9 Å². The van der Waals surface area contributed by atoms with Crippen molar-refractivity contribution in [1.82, 2.24) is 15.0 Å². The first-order chi connectivity index (χ1) is 12.6. The molecule has 0 saturated heterocycles. The van der Waals surface area contributed by atoms with Crippen LogP contribution in [-0.4, -0.2) is 34.9 Å². The summed E-state index contributed by atoms with van der Waals surface area (Å²) in [5, 5.41) is 9.06. The predicted octanol–water partition coefficient (Wildman–Crippen LogP) is 1.58. The van der Waals surface area contributed by atoms with Gasteiger partial charge in [0, 0.05) is 11.6 Å². The van der Waals surface area contributed by atoms with Gasteiger partial charge >= 0.3 is 0 Å². The van der Waals surface area contributed by atoms with Crippen molar-refractivity contribution >= 4 is 16.8 Å². The normalized spacial score (nSPS) is 10.6. The molecule has 2 aromatic carbocycles. The Morgan fingerprint density at radius 3 is 2.42 bits per heavy atom. The van der Waals surface area contributed by atoms with E-state index in [1.165, 1.54) is 25.1 Å². The number of aromatic nitrogens is 2. The average molecular weight is 355 g/mol. The van der Waals surface area contributed by atoms with E-state index in [0.29, 0.717) is 28.0 Å². The molecule has 0 bridgehead atoms. The van der Waals surface area contributed by atoms with Crippen molar-refractivity contribution in [2.24, 2.45) is 0 Å². The molecular weight excluding hydrogens is 338 g/mol. The molecule has 8 nitrogen and oxygen atoms in total. The zero-order valence-corrected chi connectivity index (χ0v) is 14.2. The quantitative estimate of drug-likeness (QED) is 0.532. The Hall–Kier alpha value is -3.39. The molecule has 3 rings (SSSR count). The van der Waals surface area contributed by atoms with E-state index in [9.17, 15) is 9.59 Å². The zero-order chi connectivity index (χ0) is 18.7. The molecule has 0 aliphatic rings. The predicted molar refractivity (Wildman–Crippen MR) is 93.9 cm³/mol. The van der Waals surface area contributed by atoms with E-state index in [-0.39, 0.29) is 12.1 Å². The largest absolute Gasteiger partial charge is 0.493 e. The number of benzene rings is 2. The van der Waals surface area contributed by atoms with Crippen LogP contribution < -0.4 is 20.5 Å². The number of nitrogens with one attached hydrogen (secondary N) is 1. The second-order valence-corrected chi connectivity index (χ2v) is 5.54. The Labute approximate surface area is 148 Å². The minimum Gasteiger partial charge on any atom is -0.493 e. The summed E-state index contributed by atoms with van der Waals surface area (Å²) in [5.41, 5.74) is 3.00. The van der Waals surface area contributed by atoms with Crippen LogP contribution in [0.2, 0.25) is 0 Å². The summed E-state index contributed by atoms with van der Waals surface area (Å²) in [6, 6.07) is 9.80. The maximum absolute atomic E-state index is 12.8. The molecule has 2 N–H and O–H groups in total. The van der Waals surface area contributed by atoms with Crippen molar-refractivity contribution in [3.63, 3.8) is 0 Å². The van der Waals surface area contributed by atoms with Crippen LogP contribution in [0.3, 0.4) is 0 Å². The van der Waals surface area contributed by atoms with Gasteiger partial charge in [0.25, 0.3) is 11.5 Å². The summed E-state index contributed by atoms with van der Waals surface area (Å²) >= 11 is 0. The number of hydrogen-bond acceptors (Lipinski definition) is 6. The first kappa shape index (κ1) is 17.4. The second-order valence-electron chi connectivity index (χ2n) is 5.54. The summed E-state index contributed by atoms with van der Waals surface area (Å²) in [4.78, 5) is 28.4. The number of nitrogens with zero attached hydrogens (tertiary/aromatic N) is 2. The van der Waals surface area contributed by atoms with Crippen molar-refractivity contribution in [2.75, 3.05) is 14.2 Å². The smallest absolute Gasteiger partial charge is 0.274 e.